The highest BCUT2D eigenvalue weighted by Gasteiger charge is 2.31. The zero-order valence-corrected chi connectivity index (χ0v) is 9.70. The number of carbonyl (C=O) groups is 1. The van der Waals surface area contributed by atoms with Gasteiger partial charge in [-0.05, 0) is 13.3 Å². The van der Waals surface area contributed by atoms with Crippen LogP contribution in [-0.4, -0.2) is 36.1 Å². The van der Waals surface area contributed by atoms with E-state index in [0.717, 1.165) is 5.69 Å². The Balaban J connectivity index is 2.30. The number of aryl methyl sites for hydroxylation is 1. The molecule has 1 saturated heterocycles. The molecule has 2 heterocycles. The SMILES string of the molecule is Cc1cc(NC=O)n([C@@H]2CCS(=O)(=O)C2)n1. The van der Waals surface area contributed by atoms with Gasteiger partial charge in [-0.25, -0.2) is 13.1 Å². The van der Waals surface area contributed by atoms with E-state index in [2.05, 4.69) is 10.4 Å². The quantitative estimate of drug-likeness (QED) is 0.764. The molecule has 0 spiro atoms. The molecule has 88 valence electrons. The van der Waals surface area contributed by atoms with Gasteiger partial charge in [0.2, 0.25) is 6.41 Å². The highest BCUT2D eigenvalue weighted by molar-refractivity contribution is 7.91. The molecular weight excluding hydrogens is 230 g/mol. The van der Waals surface area contributed by atoms with Crippen molar-refractivity contribution in [1.82, 2.24) is 9.78 Å². The first-order valence-corrected chi connectivity index (χ1v) is 6.81. The maximum atomic E-state index is 11.4. The first-order valence-electron chi connectivity index (χ1n) is 4.98. The van der Waals surface area contributed by atoms with Crippen molar-refractivity contribution in [3.8, 4) is 0 Å². The van der Waals surface area contributed by atoms with E-state index >= 15 is 0 Å². The molecule has 6 nitrogen and oxygen atoms in total. The van der Waals surface area contributed by atoms with Gasteiger partial charge in [-0.3, -0.25) is 4.79 Å². The van der Waals surface area contributed by atoms with Crippen molar-refractivity contribution in [3.63, 3.8) is 0 Å². The van der Waals surface area contributed by atoms with Gasteiger partial charge in [0.05, 0.1) is 23.2 Å². The molecule has 1 atom stereocenters. The molecule has 1 aliphatic heterocycles. The lowest BCUT2D eigenvalue weighted by Crippen LogP contribution is -2.15. The maximum absolute atomic E-state index is 11.4. The molecule has 2 rings (SSSR count). The molecule has 0 unspecified atom stereocenters. The summed E-state index contributed by atoms with van der Waals surface area (Å²) in [6.07, 6.45) is 1.12. The van der Waals surface area contributed by atoms with Crippen molar-refractivity contribution in [3.05, 3.63) is 11.8 Å². The van der Waals surface area contributed by atoms with E-state index in [-0.39, 0.29) is 17.5 Å². The van der Waals surface area contributed by atoms with Crippen LogP contribution in [0.3, 0.4) is 0 Å². The molecule has 1 aromatic heterocycles. The van der Waals surface area contributed by atoms with Crippen LogP contribution in [-0.2, 0) is 14.6 Å². The monoisotopic (exact) mass is 243 g/mol. The Labute approximate surface area is 93.6 Å². The Kier molecular flexibility index (Phi) is 2.71. The van der Waals surface area contributed by atoms with Crippen molar-refractivity contribution in [2.24, 2.45) is 0 Å². The first kappa shape index (κ1) is 11.1. The minimum Gasteiger partial charge on any atom is -0.314 e. The van der Waals surface area contributed by atoms with E-state index in [1.807, 2.05) is 0 Å². The number of nitrogens with zero attached hydrogens (tertiary/aromatic N) is 2. The number of anilines is 1. The molecule has 0 aromatic carbocycles. The van der Waals surface area contributed by atoms with Crippen LogP contribution in [0.1, 0.15) is 18.2 Å². The van der Waals surface area contributed by atoms with Gasteiger partial charge < -0.3 is 5.32 Å². The molecule has 1 N–H and O–H groups in total. The van der Waals surface area contributed by atoms with Crippen LogP contribution < -0.4 is 5.32 Å². The average molecular weight is 243 g/mol. The summed E-state index contributed by atoms with van der Waals surface area (Å²) in [5, 5.41) is 6.73. The summed E-state index contributed by atoms with van der Waals surface area (Å²) in [6.45, 7) is 1.80. The largest absolute Gasteiger partial charge is 0.314 e. The van der Waals surface area contributed by atoms with Gasteiger partial charge in [-0.15, -0.1) is 0 Å². The smallest absolute Gasteiger partial charge is 0.212 e. The van der Waals surface area contributed by atoms with Crippen LogP contribution in [0.5, 0.6) is 0 Å². The number of amides is 1. The van der Waals surface area contributed by atoms with Crippen molar-refractivity contribution in [2.45, 2.75) is 19.4 Å². The Bertz CT molecular complexity index is 506. The van der Waals surface area contributed by atoms with Crippen LogP contribution in [0.15, 0.2) is 6.07 Å². The lowest BCUT2D eigenvalue weighted by molar-refractivity contribution is -0.105. The minimum absolute atomic E-state index is 0.0989. The van der Waals surface area contributed by atoms with Crippen molar-refractivity contribution in [2.75, 3.05) is 16.8 Å². The van der Waals surface area contributed by atoms with E-state index in [1.165, 1.54) is 0 Å². The Morgan fingerprint density at radius 1 is 1.62 bits per heavy atom. The molecule has 0 saturated carbocycles. The number of hydrogen-bond acceptors (Lipinski definition) is 4. The third-order valence-corrected chi connectivity index (χ3v) is 4.37. The van der Waals surface area contributed by atoms with Crippen molar-refractivity contribution in [1.29, 1.82) is 0 Å². The van der Waals surface area contributed by atoms with E-state index < -0.39 is 9.84 Å². The van der Waals surface area contributed by atoms with Gasteiger partial charge in [0.25, 0.3) is 0 Å². The fraction of sp³-hybridized carbons (Fsp3) is 0.556. The van der Waals surface area contributed by atoms with Gasteiger partial charge in [-0.2, -0.15) is 5.10 Å². The molecule has 1 aromatic rings. The standard InChI is InChI=1S/C9H13N3O3S/c1-7-4-9(10-6-13)12(11-7)8-2-3-16(14,15)5-8/h4,6,8H,2-3,5H2,1H3,(H,10,13)/t8-/m1/s1. The van der Waals surface area contributed by atoms with Gasteiger partial charge in [0.15, 0.2) is 9.84 Å². The number of aromatic nitrogens is 2. The molecular formula is C9H13N3O3S. The number of rotatable bonds is 3. The molecule has 7 heteroatoms. The van der Waals surface area contributed by atoms with E-state index in [9.17, 15) is 13.2 Å². The second-order valence-corrected chi connectivity index (χ2v) is 6.16. The third kappa shape index (κ3) is 2.08. The molecule has 0 aliphatic carbocycles. The Morgan fingerprint density at radius 3 is 2.94 bits per heavy atom. The molecule has 0 radical (unpaired) electrons. The van der Waals surface area contributed by atoms with Gasteiger partial charge in [-0.1, -0.05) is 0 Å². The molecule has 1 fully saturated rings. The summed E-state index contributed by atoms with van der Waals surface area (Å²) < 4.78 is 24.3. The van der Waals surface area contributed by atoms with Gasteiger partial charge in [0, 0.05) is 6.07 Å². The lowest BCUT2D eigenvalue weighted by atomic mass is 10.3. The fourth-order valence-corrected chi connectivity index (χ4v) is 3.62. The average Bonchev–Trinajstić information content (AvgIpc) is 2.70. The number of nitrogens with one attached hydrogen (secondary N) is 1. The predicted octanol–water partition coefficient (Wildman–Crippen LogP) is 0.119. The fourth-order valence-electron chi connectivity index (χ4n) is 1.93. The van der Waals surface area contributed by atoms with E-state index in [4.69, 9.17) is 0 Å². The number of carbonyl (C=O) groups excluding carboxylic acids is 1. The highest BCUT2D eigenvalue weighted by atomic mass is 32.2. The topological polar surface area (TPSA) is 81.1 Å². The van der Waals surface area contributed by atoms with Crippen molar-refractivity contribution >= 4 is 22.1 Å². The number of sulfone groups is 1. The summed E-state index contributed by atoms with van der Waals surface area (Å²) in [5.74, 6) is 0.841. The maximum Gasteiger partial charge on any atom is 0.212 e. The normalized spacial score (nSPS) is 23.2. The second kappa shape index (κ2) is 3.89. The predicted molar refractivity (Wildman–Crippen MR) is 59.0 cm³/mol. The van der Waals surface area contributed by atoms with E-state index in [0.29, 0.717) is 18.6 Å². The van der Waals surface area contributed by atoms with Crippen molar-refractivity contribution < 1.29 is 13.2 Å². The van der Waals surface area contributed by atoms with E-state index in [1.54, 1.807) is 17.7 Å². The first-order chi connectivity index (χ1) is 7.52. The molecule has 0 bridgehead atoms. The van der Waals surface area contributed by atoms with Crippen LogP contribution >= 0.6 is 0 Å². The van der Waals surface area contributed by atoms with Gasteiger partial charge in [0.1, 0.15) is 5.82 Å². The zero-order valence-electron chi connectivity index (χ0n) is 8.88. The minimum atomic E-state index is -2.94. The van der Waals surface area contributed by atoms with Crippen LogP contribution in [0, 0.1) is 6.92 Å². The molecule has 16 heavy (non-hydrogen) atoms. The number of hydrogen-bond donors (Lipinski definition) is 1. The highest BCUT2D eigenvalue weighted by Crippen LogP contribution is 2.26. The van der Waals surface area contributed by atoms with Crippen LogP contribution in [0.4, 0.5) is 5.82 Å². The molecule has 1 amide bonds. The summed E-state index contributed by atoms with van der Waals surface area (Å²) in [6, 6.07) is 1.56. The Morgan fingerprint density at radius 2 is 2.38 bits per heavy atom. The summed E-state index contributed by atoms with van der Waals surface area (Å²) >= 11 is 0. The van der Waals surface area contributed by atoms with Crippen LogP contribution in [0.25, 0.3) is 0 Å². The van der Waals surface area contributed by atoms with Crippen LogP contribution in [0.2, 0.25) is 0 Å². The lowest BCUT2D eigenvalue weighted by Gasteiger charge is -2.11. The molecule has 1 aliphatic rings. The summed E-state index contributed by atoms with van der Waals surface area (Å²) in [5.41, 5.74) is 0.758. The Hall–Kier alpha value is -1.37. The van der Waals surface area contributed by atoms with Gasteiger partial charge >= 0.3 is 0 Å². The third-order valence-electron chi connectivity index (χ3n) is 2.62. The summed E-state index contributed by atoms with van der Waals surface area (Å²) in [4.78, 5) is 10.4. The zero-order chi connectivity index (χ0) is 11.8. The summed E-state index contributed by atoms with van der Waals surface area (Å²) in [7, 11) is -2.94. The second-order valence-electron chi connectivity index (χ2n) is 3.93.